The van der Waals surface area contributed by atoms with E-state index in [0.717, 1.165) is 15.4 Å². The number of nitrogens with one attached hydrogen (secondary N) is 1. The maximum absolute atomic E-state index is 10.4. The second-order valence-corrected chi connectivity index (χ2v) is 7.86. The van der Waals surface area contributed by atoms with Gasteiger partial charge in [-0.25, -0.2) is 0 Å². The topological polar surface area (TPSA) is 52.5 Å². The Kier molecular flexibility index (Phi) is 6.91. The number of phenols is 1. The van der Waals surface area contributed by atoms with Gasteiger partial charge in [0.2, 0.25) is 0 Å². The van der Waals surface area contributed by atoms with Crippen molar-refractivity contribution in [3.8, 4) is 5.75 Å². The van der Waals surface area contributed by atoms with Crippen molar-refractivity contribution < 1.29 is 10.2 Å². The van der Waals surface area contributed by atoms with Gasteiger partial charge in [0.05, 0.1) is 10.7 Å². The third kappa shape index (κ3) is 5.11. The van der Waals surface area contributed by atoms with Crippen LogP contribution in [0.15, 0.2) is 70.5 Å². The smallest absolute Gasteiger partial charge is 0.142 e. The van der Waals surface area contributed by atoms with Gasteiger partial charge < -0.3 is 15.5 Å². The number of benzene rings is 3. The Hall–Kier alpha value is -1.85. The van der Waals surface area contributed by atoms with Crippen molar-refractivity contribution in [1.82, 2.24) is 0 Å². The highest BCUT2D eigenvalue weighted by atomic mass is 35.5. The van der Waals surface area contributed by atoms with Gasteiger partial charge in [-0.05, 0) is 47.9 Å². The van der Waals surface area contributed by atoms with Gasteiger partial charge in [-0.2, -0.15) is 0 Å². The quantitative estimate of drug-likeness (QED) is 0.411. The monoisotopic (exact) mass is 419 g/mol. The van der Waals surface area contributed by atoms with Crippen molar-refractivity contribution in [1.29, 1.82) is 0 Å². The number of hydrogen-bond acceptors (Lipinski definition) is 4. The maximum Gasteiger partial charge on any atom is 0.142 e. The van der Waals surface area contributed by atoms with Gasteiger partial charge >= 0.3 is 0 Å². The Bertz CT molecular complexity index is 934. The molecule has 0 saturated heterocycles. The summed E-state index contributed by atoms with van der Waals surface area (Å²) in [5.74, 6) is 0.115. The summed E-state index contributed by atoms with van der Waals surface area (Å²) < 4.78 is 0. The predicted octanol–water partition coefficient (Wildman–Crippen LogP) is 6.00. The van der Waals surface area contributed by atoms with E-state index in [1.807, 2.05) is 48.5 Å². The first kappa shape index (κ1) is 19.9. The van der Waals surface area contributed by atoms with Gasteiger partial charge in [0.1, 0.15) is 5.75 Å². The zero-order chi connectivity index (χ0) is 19.2. The Morgan fingerprint density at radius 1 is 0.889 bits per heavy atom. The minimum Gasteiger partial charge on any atom is -0.505 e. The predicted molar refractivity (Wildman–Crippen MR) is 113 cm³/mol. The third-order valence-electron chi connectivity index (χ3n) is 4.03. The first-order valence-corrected chi connectivity index (χ1v) is 10.0. The molecule has 3 rings (SSSR count). The molecule has 0 bridgehead atoms. The molecule has 0 fully saturated rings. The molecule has 0 heterocycles. The lowest BCUT2D eigenvalue weighted by Gasteiger charge is -2.15. The van der Waals surface area contributed by atoms with E-state index in [9.17, 15) is 5.11 Å². The van der Waals surface area contributed by atoms with Crippen LogP contribution < -0.4 is 5.32 Å². The van der Waals surface area contributed by atoms with Gasteiger partial charge in [-0.15, -0.1) is 0 Å². The lowest BCUT2D eigenvalue weighted by molar-refractivity contribution is 0.297. The van der Waals surface area contributed by atoms with Crippen LogP contribution in [0.4, 0.5) is 5.69 Å². The number of rotatable bonds is 7. The van der Waals surface area contributed by atoms with Crippen LogP contribution >= 0.6 is 35.0 Å². The molecule has 0 aliphatic rings. The lowest BCUT2D eigenvalue weighted by Crippen LogP contribution is -2.03. The average Bonchev–Trinajstić information content (AvgIpc) is 2.66. The zero-order valence-corrected chi connectivity index (χ0v) is 16.8. The van der Waals surface area contributed by atoms with Gasteiger partial charge in [0, 0.05) is 28.0 Å². The third-order valence-corrected chi connectivity index (χ3v) is 5.89. The van der Waals surface area contributed by atoms with Crippen LogP contribution in [0.1, 0.15) is 11.1 Å². The number of phenolic OH excluding ortho intramolecular Hbond substituents is 1. The lowest BCUT2D eigenvalue weighted by atomic mass is 10.1. The summed E-state index contributed by atoms with van der Waals surface area (Å²) in [7, 11) is 0. The molecular formula is C21H19Cl2NO2S. The number of aromatic hydroxyl groups is 1. The van der Waals surface area contributed by atoms with Crippen molar-refractivity contribution in [3.63, 3.8) is 0 Å². The molecule has 6 heteroatoms. The standard InChI is InChI=1S/C21H19Cl2NO2S/c22-16-11-14(9-10-25)21(26)18(12-16)24-13-15-5-1-3-7-19(15)27-20-8-4-2-6-17(20)23/h1-8,11-12,24-26H,9-10,13H2. The van der Waals surface area contributed by atoms with Crippen molar-refractivity contribution in [2.75, 3.05) is 11.9 Å². The summed E-state index contributed by atoms with van der Waals surface area (Å²) in [5.41, 5.74) is 2.24. The molecule has 140 valence electrons. The molecule has 3 nitrogen and oxygen atoms in total. The largest absolute Gasteiger partial charge is 0.505 e. The van der Waals surface area contributed by atoms with E-state index in [0.29, 0.717) is 34.3 Å². The Morgan fingerprint density at radius 2 is 1.59 bits per heavy atom. The fraction of sp³-hybridized carbons (Fsp3) is 0.143. The molecule has 0 unspecified atom stereocenters. The van der Waals surface area contributed by atoms with Crippen molar-refractivity contribution in [2.24, 2.45) is 0 Å². The molecule has 0 aliphatic heterocycles. The SMILES string of the molecule is OCCc1cc(Cl)cc(NCc2ccccc2Sc2ccccc2Cl)c1O. The summed E-state index contributed by atoms with van der Waals surface area (Å²) >= 11 is 14.0. The Balaban J connectivity index is 1.81. The molecule has 0 amide bonds. The van der Waals surface area contributed by atoms with Gasteiger partial charge in [0.25, 0.3) is 0 Å². The summed E-state index contributed by atoms with van der Waals surface area (Å²) in [5, 5.41) is 24.0. The van der Waals surface area contributed by atoms with E-state index in [-0.39, 0.29) is 12.4 Å². The van der Waals surface area contributed by atoms with Gasteiger partial charge in [-0.3, -0.25) is 0 Å². The molecule has 3 aromatic carbocycles. The second-order valence-electron chi connectivity index (χ2n) is 5.93. The zero-order valence-electron chi connectivity index (χ0n) is 14.5. The van der Waals surface area contributed by atoms with Gasteiger partial charge in [0.15, 0.2) is 0 Å². The van der Waals surface area contributed by atoms with Crippen LogP contribution in [-0.4, -0.2) is 16.8 Å². The van der Waals surface area contributed by atoms with E-state index in [4.69, 9.17) is 28.3 Å². The summed E-state index contributed by atoms with van der Waals surface area (Å²) in [6.45, 7) is 0.463. The first-order valence-electron chi connectivity index (χ1n) is 8.45. The van der Waals surface area contributed by atoms with Crippen molar-refractivity contribution >= 4 is 40.7 Å². The highest BCUT2D eigenvalue weighted by Gasteiger charge is 2.11. The number of anilines is 1. The number of halogens is 2. The highest BCUT2D eigenvalue weighted by molar-refractivity contribution is 7.99. The Morgan fingerprint density at radius 3 is 2.33 bits per heavy atom. The van der Waals surface area contributed by atoms with E-state index in [1.165, 1.54) is 0 Å². The van der Waals surface area contributed by atoms with Crippen LogP contribution in [0.2, 0.25) is 10.0 Å². The van der Waals surface area contributed by atoms with E-state index in [1.54, 1.807) is 23.9 Å². The van der Waals surface area contributed by atoms with Gasteiger partial charge in [-0.1, -0.05) is 65.3 Å². The molecule has 0 aromatic heterocycles. The molecule has 3 N–H and O–H groups in total. The van der Waals surface area contributed by atoms with Crippen LogP contribution in [0, 0.1) is 0 Å². The molecule has 27 heavy (non-hydrogen) atoms. The van der Waals surface area contributed by atoms with E-state index in [2.05, 4.69) is 5.32 Å². The molecule has 3 aromatic rings. The highest BCUT2D eigenvalue weighted by Crippen LogP contribution is 2.36. The normalized spacial score (nSPS) is 10.8. The summed E-state index contributed by atoms with van der Waals surface area (Å²) in [6, 6.07) is 19.1. The minimum absolute atomic E-state index is 0.0509. The van der Waals surface area contributed by atoms with Crippen LogP contribution in [0.3, 0.4) is 0 Å². The summed E-state index contributed by atoms with van der Waals surface area (Å²) in [4.78, 5) is 2.07. The molecule has 0 atom stereocenters. The minimum atomic E-state index is -0.0509. The molecular weight excluding hydrogens is 401 g/mol. The van der Waals surface area contributed by atoms with Crippen LogP contribution in [0.25, 0.3) is 0 Å². The van der Waals surface area contributed by atoms with Crippen LogP contribution in [-0.2, 0) is 13.0 Å². The van der Waals surface area contributed by atoms with E-state index >= 15 is 0 Å². The van der Waals surface area contributed by atoms with Crippen LogP contribution in [0.5, 0.6) is 5.75 Å². The molecule has 0 saturated carbocycles. The molecule has 0 radical (unpaired) electrons. The van der Waals surface area contributed by atoms with E-state index < -0.39 is 0 Å². The summed E-state index contributed by atoms with van der Waals surface area (Å²) in [6.07, 6.45) is 0.347. The first-order chi connectivity index (χ1) is 13.1. The Labute approximate surface area is 173 Å². The second kappa shape index (κ2) is 9.38. The fourth-order valence-electron chi connectivity index (χ4n) is 2.69. The molecule has 0 aliphatic carbocycles. The fourth-order valence-corrected chi connectivity index (χ4v) is 4.15. The number of aliphatic hydroxyl groups excluding tert-OH is 1. The van der Waals surface area contributed by atoms with Crippen molar-refractivity contribution in [2.45, 2.75) is 22.8 Å². The van der Waals surface area contributed by atoms with Crippen molar-refractivity contribution in [3.05, 3.63) is 81.8 Å². The number of aliphatic hydroxyl groups is 1. The maximum atomic E-state index is 10.4. The average molecular weight is 420 g/mol. The number of hydrogen-bond donors (Lipinski definition) is 3. The molecule has 0 spiro atoms.